The van der Waals surface area contributed by atoms with E-state index >= 15 is 0 Å². The Bertz CT molecular complexity index is 221. The number of hydrogen-bond acceptors (Lipinski definition) is 4. The normalized spacial score (nSPS) is 13.0. The molecule has 0 saturated heterocycles. The highest BCUT2D eigenvalue weighted by Gasteiger charge is 2.13. The van der Waals surface area contributed by atoms with E-state index in [1.165, 1.54) is 25.7 Å². The lowest BCUT2D eigenvalue weighted by atomic mass is 10.0. The standard InChI is InChI=1S/C9H19N5/c1-2-3-4-5-6-8(7-10)9-11-13-14-12-9/h8H,2-7,10H2,1H3,(H,11,12,13,14). The third-order valence-corrected chi connectivity index (χ3v) is 2.42. The zero-order valence-corrected chi connectivity index (χ0v) is 8.74. The van der Waals surface area contributed by atoms with Crippen LogP contribution in [0.25, 0.3) is 0 Å². The van der Waals surface area contributed by atoms with Gasteiger partial charge in [-0.2, -0.15) is 5.21 Å². The van der Waals surface area contributed by atoms with Gasteiger partial charge in [0.15, 0.2) is 5.82 Å². The van der Waals surface area contributed by atoms with Gasteiger partial charge in [0.25, 0.3) is 0 Å². The summed E-state index contributed by atoms with van der Waals surface area (Å²) in [6.45, 7) is 2.81. The third-order valence-electron chi connectivity index (χ3n) is 2.42. The zero-order chi connectivity index (χ0) is 10.2. The van der Waals surface area contributed by atoms with Crippen LogP contribution in [0.4, 0.5) is 0 Å². The van der Waals surface area contributed by atoms with Crippen LogP contribution in [0.3, 0.4) is 0 Å². The SMILES string of the molecule is CCCCCCC(CN)c1nn[nH]n1. The van der Waals surface area contributed by atoms with Crippen LogP contribution in [0, 0.1) is 0 Å². The van der Waals surface area contributed by atoms with Crippen molar-refractivity contribution in [2.45, 2.75) is 44.9 Å². The summed E-state index contributed by atoms with van der Waals surface area (Å²) in [4.78, 5) is 0. The summed E-state index contributed by atoms with van der Waals surface area (Å²) in [7, 11) is 0. The van der Waals surface area contributed by atoms with Gasteiger partial charge in [-0.1, -0.05) is 37.8 Å². The number of aromatic amines is 1. The van der Waals surface area contributed by atoms with Crippen LogP contribution in [0.1, 0.15) is 50.8 Å². The fourth-order valence-corrected chi connectivity index (χ4v) is 1.51. The summed E-state index contributed by atoms with van der Waals surface area (Å²) in [6, 6.07) is 0. The van der Waals surface area contributed by atoms with Crippen molar-refractivity contribution in [3.05, 3.63) is 5.82 Å². The number of nitrogens with two attached hydrogens (primary N) is 1. The highest BCUT2D eigenvalue weighted by atomic mass is 15.5. The van der Waals surface area contributed by atoms with E-state index in [9.17, 15) is 0 Å². The third kappa shape index (κ3) is 3.41. The van der Waals surface area contributed by atoms with Crippen molar-refractivity contribution in [2.24, 2.45) is 5.73 Å². The molecule has 1 atom stereocenters. The minimum Gasteiger partial charge on any atom is -0.330 e. The van der Waals surface area contributed by atoms with Crippen molar-refractivity contribution in [1.82, 2.24) is 20.6 Å². The lowest BCUT2D eigenvalue weighted by Gasteiger charge is -2.09. The molecule has 0 amide bonds. The van der Waals surface area contributed by atoms with E-state index in [2.05, 4.69) is 27.5 Å². The average Bonchev–Trinajstić information content (AvgIpc) is 2.71. The van der Waals surface area contributed by atoms with Gasteiger partial charge in [-0.25, -0.2) is 0 Å². The fourth-order valence-electron chi connectivity index (χ4n) is 1.51. The van der Waals surface area contributed by atoms with Crippen LogP contribution in [-0.4, -0.2) is 27.2 Å². The van der Waals surface area contributed by atoms with E-state index < -0.39 is 0 Å². The molecule has 0 fully saturated rings. The van der Waals surface area contributed by atoms with Crippen molar-refractivity contribution in [3.8, 4) is 0 Å². The molecule has 0 radical (unpaired) electrons. The van der Waals surface area contributed by atoms with Gasteiger partial charge in [0, 0.05) is 12.5 Å². The maximum absolute atomic E-state index is 5.66. The number of nitrogens with one attached hydrogen (secondary N) is 1. The number of tetrazole rings is 1. The van der Waals surface area contributed by atoms with Crippen LogP contribution in [-0.2, 0) is 0 Å². The van der Waals surface area contributed by atoms with E-state index in [-0.39, 0.29) is 5.92 Å². The number of nitrogens with zero attached hydrogens (tertiary/aromatic N) is 3. The quantitative estimate of drug-likeness (QED) is 0.644. The Hall–Kier alpha value is -0.970. The molecule has 1 heterocycles. The second kappa shape index (κ2) is 6.48. The van der Waals surface area contributed by atoms with Gasteiger partial charge in [-0.3, -0.25) is 0 Å². The first kappa shape index (κ1) is 11.1. The number of unbranched alkanes of at least 4 members (excludes halogenated alkanes) is 3. The molecule has 0 aromatic carbocycles. The molecule has 1 unspecified atom stereocenters. The smallest absolute Gasteiger partial charge is 0.178 e. The van der Waals surface area contributed by atoms with Gasteiger partial charge in [-0.15, -0.1) is 10.2 Å². The molecule has 14 heavy (non-hydrogen) atoms. The van der Waals surface area contributed by atoms with Gasteiger partial charge in [-0.05, 0) is 6.42 Å². The predicted molar refractivity (Wildman–Crippen MR) is 54.7 cm³/mol. The summed E-state index contributed by atoms with van der Waals surface area (Å²) < 4.78 is 0. The maximum atomic E-state index is 5.66. The lowest BCUT2D eigenvalue weighted by molar-refractivity contribution is 0.540. The van der Waals surface area contributed by atoms with E-state index in [1.807, 2.05) is 0 Å². The molecule has 1 aromatic heterocycles. The Morgan fingerprint density at radius 1 is 1.36 bits per heavy atom. The molecule has 0 saturated carbocycles. The van der Waals surface area contributed by atoms with Gasteiger partial charge < -0.3 is 5.73 Å². The van der Waals surface area contributed by atoms with Gasteiger partial charge >= 0.3 is 0 Å². The molecule has 80 valence electrons. The molecule has 3 N–H and O–H groups in total. The van der Waals surface area contributed by atoms with Crippen LogP contribution in [0.5, 0.6) is 0 Å². The second-order valence-corrected chi connectivity index (χ2v) is 3.55. The molecular formula is C9H19N5. The Kier molecular flexibility index (Phi) is 5.14. The second-order valence-electron chi connectivity index (χ2n) is 3.55. The summed E-state index contributed by atoms with van der Waals surface area (Å²) in [5, 5.41) is 13.9. The molecule has 0 aliphatic heterocycles. The molecule has 0 bridgehead atoms. The van der Waals surface area contributed by atoms with Crippen LogP contribution in [0.2, 0.25) is 0 Å². The maximum Gasteiger partial charge on any atom is 0.178 e. The molecule has 0 spiro atoms. The Morgan fingerprint density at radius 3 is 2.79 bits per heavy atom. The predicted octanol–water partition coefficient (Wildman–Crippen LogP) is 1.21. The highest BCUT2D eigenvalue weighted by Crippen LogP contribution is 2.17. The summed E-state index contributed by atoms with van der Waals surface area (Å²) >= 11 is 0. The van der Waals surface area contributed by atoms with Gasteiger partial charge in [0.1, 0.15) is 0 Å². The summed E-state index contributed by atoms with van der Waals surface area (Å²) in [6.07, 6.45) is 6.09. The molecule has 5 nitrogen and oxygen atoms in total. The minimum absolute atomic E-state index is 0.269. The Labute approximate surface area is 84.5 Å². The lowest BCUT2D eigenvalue weighted by Crippen LogP contribution is -2.14. The monoisotopic (exact) mass is 197 g/mol. The zero-order valence-electron chi connectivity index (χ0n) is 8.74. The van der Waals surface area contributed by atoms with Crippen molar-refractivity contribution < 1.29 is 0 Å². The van der Waals surface area contributed by atoms with Gasteiger partial charge in [0.2, 0.25) is 0 Å². The highest BCUT2D eigenvalue weighted by molar-refractivity contribution is 4.91. The van der Waals surface area contributed by atoms with Crippen molar-refractivity contribution in [3.63, 3.8) is 0 Å². The summed E-state index contributed by atoms with van der Waals surface area (Å²) in [5.41, 5.74) is 5.66. The minimum atomic E-state index is 0.269. The molecule has 1 rings (SSSR count). The van der Waals surface area contributed by atoms with Crippen molar-refractivity contribution >= 4 is 0 Å². The van der Waals surface area contributed by atoms with Crippen LogP contribution in [0.15, 0.2) is 0 Å². The molecule has 1 aromatic rings. The Morgan fingerprint density at radius 2 is 2.21 bits per heavy atom. The van der Waals surface area contributed by atoms with E-state index in [4.69, 9.17) is 5.73 Å². The van der Waals surface area contributed by atoms with E-state index in [0.717, 1.165) is 12.2 Å². The first-order chi connectivity index (χ1) is 6.88. The number of H-pyrrole nitrogens is 1. The summed E-state index contributed by atoms with van der Waals surface area (Å²) in [5.74, 6) is 1.02. The van der Waals surface area contributed by atoms with Crippen LogP contribution < -0.4 is 5.73 Å². The molecule has 0 aliphatic carbocycles. The topological polar surface area (TPSA) is 80.5 Å². The average molecular weight is 197 g/mol. The first-order valence-electron chi connectivity index (χ1n) is 5.31. The molecule has 0 aliphatic rings. The molecule has 5 heteroatoms. The largest absolute Gasteiger partial charge is 0.330 e. The van der Waals surface area contributed by atoms with Gasteiger partial charge in [0.05, 0.1) is 0 Å². The number of hydrogen-bond donors (Lipinski definition) is 2. The Balaban J connectivity index is 2.26. The first-order valence-corrected chi connectivity index (χ1v) is 5.31. The van der Waals surface area contributed by atoms with Crippen LogP contribution >= 0.6 is 0 Å². The number of rotatable bonds is 7. The van der Waals surface area contributed by atoms with E-state index in [0.29, 0.717) is 6.54 Å². The molecular weight excluding hydrogens is 178 g/mol. The van der Waals surface area contributed by atoms with Crippen molar-refractivity contribution in [2.75, 3.05) is 6.54 Å². The number of aromatic nitrogens is 4. The van der Waals surface area contributed by atoms with Crippen molar-refractivity contribution in [1.29, 1.82) is 0 Å². The van der Waals surface area contributed by atoms with E-state index in [1.54, 1.807) is 0 Å². The fraction of sp³-hybridized carbons (Fsp3) is 0.889.